The second-order valence-electron chi connectivity index (χ2n) is 6.60. The van der Waals surface area contributed by atoms with E-state index in [1.54, 1.807) is 0 Å². The standard InChI is InChI=1S/C16H22N2/c1-16(2,3)11-6-7-14-13(10-11)12-8-9-17(4)15(12)18(14)5/h7-11H,6H2,1-5H3. The third kappa shape index (κ3) is 1.48. The zero-order valence-electron chi connectivity index (χ0n) is 12.0. The van der Waals surface area contributed by atoms with Gasteiger partial charge in [-0.1, -0.05) is 32.9 Å². The van der Waals surface area contributed by atoms with E-state index in [-0.39, 0.29) is 0 Å². The molecule has 0 spiro atoms. The first-order chi connectivity index (χ1) is 8.39. The highest BCUT2D eigenvalue weighted by Crippen LogP contribution is 2.31. The third-order valence-electron chi connectivity index (χ3n) is 4.33. The van der Waals surface area contributed by atoms with Gasteiger partial charge >= 0.3 is 0 Å². The summed E-state index contributed by atoms with van der Waals surface area (Å²) in [7, 11) is 4.29. The Balaban J connectivity index is 2.36. The predicted molar refractivity (Wildman–Crippen MR) is 77.6 cm³/mol. The van der Waals surface area contributed by atoms with E-state index in [1.807, 2.05) is 0 Å². The number of nitrogens with zero attached hydrogens (tertiary/aromatic N) is 2. The highest BCUT2D eigenvalue weighted by molar-refractivity contribution is 5.80. The molecule has 2 nitrogen and oxygen atoms in total. The molecule has 0 aliphatic heterocycles. The molecular formula is C16H22N2. The number of hydrogen-bond acceptors (Lipinski definition) is 0. The van der Waals surface area contributed by atoms with Crippen molar-refractivity contribution in [2.75, 3.05) is 0 Å². The molecule has 2 aromatic rings. The van der Waals surface area contributed by atoms with Gasteiger partial charge in [-0.2, -0.15) is 0 Å². The lowest BCUT2D eigenvalue weighted by Gasteiger charge is -2.28. The fourth-order valence-electron chi connectivity index (χ4n) is 3.12. The molecule has 0 fully saturated rings. The minimum Gasteiger partial charge on any atom is -0.337 e. The quantitative estimate of drug-likeness (QED) is 0.670. The molecule has 0 N–H and O–H groups in total. The van der Waals surface area contributed by atoms with Gasteiger partial charge in [0.05, 0.1) is 0 Å². The van der Waals surface area contributed by atoms with Crippen molar-refractivity contribution in [1.29, 1.82) is 0 Å². The molecule has 2 aromatic heterocycles. The second-order valence-corrected chi connectivity index (χ2v) is 6.60. The van der Waals surface area contributed by atoms with Crippen LogP contribution in [0.25, 0.3) is 23.2 Å². The Morgan fingerprint density at radius 3 is 2.61 bits per heavy atom. The number of aromatic nitrogens is 2. The van der Waals surface area contributed by atoms with Crippen LogP contribution in [0.1, 0.15) is 27.2 Å². The van der Waals surface area contributed by atoms with Gasteiger partial charge in [0, 0.05) is 36.2 Å². The Kier molecular flexibility index (Phi) is 2.28. The number of aryl methyl sites for hydroxylation is 2. The molecule has 0 saturated carbocycles. The molecule has 0 bridgehead atoms. The minimum atomic E-state index is 0.338. The summed E-state index contributed by atoms with van der Waals surface area (Å²) in [5.41, 5.74) is 1.66. The summed E-state index contributed by atoms with van der Waals surface area (Å²) in [6.07, 6.45) is 8.20. The van der Waals surface area contributed by atoms with Crippen LogP contribution in [-0.2, 0) is 14.1 Å². The van der Waals surface area contributed by atoms with Crippen LogP contribution >= 0.6 is 0 Å². The Bertz CT molecular complexity index is 720. The highest BCUT2D eigenvalue weighted by Gasteiger charge is 2.24. The maximum Gasteiger partial charge on any atom is 0.120 e. The van der Waals surface area contributed by atoms with Crippen molar-refractivity contribution in [3.63, 3.8) is 0 Å². The van der Waals surface area contributed by atoms with E-state index >= 15 is 0 Å². The summed E-state index contributed by atoms with van der Waals surface area (Å²) in [4.78, 5) is 0. The smallest absolute Gasteiger partial charge is 0.120 e. The molecule has 18 heavy (non-hydrogen) atoms. The number of rotatable bonds is 0. The zero-order valence-corrected chi connectivity index (χ0v) is 12.0. The van der Waals surface area contributed by atoms with Crippen LogP contribution in [0.15, 0.2) is 12.3 Å². The van der Waals surface area contributed by atoms with Crippen LogP contribution in [-0.4, -0.2) is 9.13 Å². The average Bonchev–Trinajstić information content (AvgIpc) is 2.79. The first-order valence-electron chi connectivity index (χ1n) is 6.71. The average molecular weight is 242 g/mol. The third-order valence-corrected chi connectivity index (χ3v) is 4.33. The Labute approximate surface area is 108 Å². The van der Waals surface area contributed by atoms with Gasteiger partial charge in [-0.15, -0.1) is 0 Å². The lowest BCUT2D eigenvalue weighted by atomic mass is 9.77. The summed E-state index contributed by atoms with van der Waals surface area (Å²) in [5.74, 6) is 0.635. The van der Waals surface area contributed by atoms with Gasteiger partial charge in [0.1, 0.15) is 5.65 Å². The fourth-order valence-corrected chi connectivity index (χ4v) is 3.12. The molecule has 2 heterocycles. The van der Waals surface area contributed by atoms with Crippen LogP contribution in [0.5, 0.6) is 0 Å². The molecule has 1 aliphatic carbocycles. The Morgan fingerprint density at radius 2 is 1.94 bits per heavy atom. The highest BCUT2D eigenvalue weighted by atomic mass is 15.1. The van der Waals surface area contributed by atoms with Crippen molar-refractivity contribution in [2.45, 2.75) is 27.2 Å². The summed E-state index contributed by atoms with van der Waals surface area (Å²) in [5, 5.41) is 4.20. The molecule has 1 atom stereocenters. The van der Waals surface area contributed by atoms with Gasteiger partial charge in [0.2, 0.25) is 0 Å². The van der Waals surface area contributed by atoms with Crippen LogP contribution < -0.4 is 10.6 Å². The van der Waals surface area contributed by atoms with Crippen LogP contribution in [0.3, 0.4) is 0 Å². The largest absolute Gasteiger partial charge is 0.337 e. The molecule has 3 rings (SSSR count). The number of hydrogen-bond donors (Lipinski definition) is 0. The second kappa shape index (κ2) is 3.53. The lowest BCUT2D eigenvalue weighted by Crippen LogP contribution is -2.34. The molecule has 0 amide bonds. The van der Waals surface area contributed by atoms with Gasteiger partial charge in [-0.25, -0.2) is 0 Å². The summed E-state index contributed by atoms with van der Waals surface area (Å²) >= 11 is 0. The fraction of sp³-hybridized carbons (Fsp3) is 0.500. The van der Waals surface area contributed by atoms with Crippen molar-refractivity contribution in [1.82, 2.24) is 9.13 Å². The van der Waals surface area contributed by atoms with Crippen molar-refractivity contribution in [3.05, 3.63) is 22.8 Å². The van der Waals surface area contributed by atoms with Crippen LogP contribution in [0.2, 0.25) is 0 Å². The van der Waals surface area contributed by atoms with Crippen molar-refractivity contribution >= 4 is 23.2 Å². The topological polar surface area (TPSA) is 9.86 Å². The van der Waals surface area contributed by atoms with Gasteiger partial charge in [-0.05, 0) is 23.8 Å². The molecule has 1 unspecified atom stereocenters. The van der Waals surface area contributed by atoms with E-state index in [1.165, 1.54) is 21.6 Å². The first kappa shape index (κ1) is 11.6. The maximum atomic E-state index is 2.48. The van der Waals surface area contributed by atoms with Crippen molar-refractivity contribution in [3.8, 4) is 0 Å². The molecule has 2 heteroatoms. The van der Waals surface area contributed by atoms with Gasteiger partial charge < -0.3 is 9.13 Å². The van der Waals surface area contributed by atoms with Gasteiger partial charge in [0.25, 0.3) is 0 Å². The van der Waals surface area contributed by atoms with Crippen LogP contribution in [0.4, 0.5) is 0 Å². The minimum absolute atomic E-state index is 0.338. The Hall–Kier alpha value is -1.44. The maximum absolute atomic E-state index is 2.48. The van der Waals surface area contributed by atoms with E-state index in [0.29, 0.717) is 11.3 Å². The molecule has 0 saturated heterocycles. The SMILES string of the molecule is Cn1ccc2c3c(n(C)c21)=CCC(C(C)(C)C)C=3. The molecule has 1 aliphatic rings. The van der Waals surface area contributed by atoms with E-state index in [2.05, 4.69) is 68.4 Å². The van der Waals surface area contributed by atoms with Gasteiger partial charge in [-0.3, -0.25) is 0 Å². The molecule has 96 valence electrons. The lowest BCUT2D eigenvalue weighted by molar-refractivity contribution is 0.314. The van der Waals surface area contributed by atoms with E-state index in [4.69, 9.17) is 0 Å². The van der Waals surface area contributed by atoms with E-state index < -0.39 is 0 Å². The first-order valence-corrected chi connectivity index (χ1v) is 6.71. The van der Waals surface area contributed by atoms with Gasteiger partial charge in [0.15, 0.2) is 0 Å². The van der Waals surface area contributed by atoms with Crippen LogP contribution in [0, 0.1) is 11.3 Å². The molecule has 0 radical (unpaired) electrons. The zero-order chi connectivity index (χ0) is 13.1. The summed E-state index contributed by atoms with van der Waals surface area (Å²) < 4.78 is 4.53. The van der Waals surface area contributed by atoms with E-state index in [9.17, 15) is 0 Å². The number of fused-ring (bicyclic) bond motifs is 3. The predicted octanol–water partition coefficient (Wildman–Crippen LogP) is 2.14. The normalized spacial score (nSPS) is 19.5. The summed E-state index contributed by atoms with van der Waals surface area (Å²) in [6, 6.07) is 2.24. The van der Waals surface area contributed by atoms with E-state index in [0.717, 1.165) is 6.42 Å². The summed E-state index contributed by atoms with van der Waals surface area (Å²) in [6.45, 7) is 6.99. The monoisotopic (exact) mass is 242 g/mol. The molecular weight excluding hydrogens is 220 g/mol. The Morgan fingerprint density at radius 1 is 1.22 bits per heavy atom. The van der Waals surface area contributed by atoms with Crippen molar-refractivity contribution in [2.24, 2.45) is 25.4 Å². The van der Waals surface area contributed by atoms with Crippen molar-refractivity contribution < 1.29 is 0 Å². The molecule has 0 aromatic carbocycles.